The minimum absolute atomic E-state index is 0.133. The van der Waals surface area contributed by atoms with Gasteiger partial charge in [0, 0.05) is 20.7 Å². The van der Waals surface area contributed by atoms with Crippen molar-refractivity contribution < 1.29 is 4.79 Å². The Morgan fingerprint density at radius 2 is 1.78 bits per heavy atom. The van der Waals surface area contributed by atoms with Crippen LogP contribution in [0.4, 0.5) is 5.69 Å². The van der Waals surface area contributed by atoms with Gasteiger partial charge in [-0.1, -0.05) is 34.1 Å². The van der Waals surface area contributed by atoms with Crippen LogP contribution in [0.1, 0.15) is 17.0 Å². The number of hydrogen-bond acceptors (Lipinski definition) is 3. The van der Waals surface area contributed by atoms with Crippen molar-refractivity contribution in [3.8, 4) is 5.69 Å². The highest BCUT2D eigenvalue weighted by Gasteiger charge is 2.30. The van der Waals surface area contributed by atoms with Crippen LogP contribution in [0, 0.1) is 10.5 Å². The van der Waals surface area contributed by atoms with Crippen LogP contribution in [0.25, 0.3) is 28.2 Å². The van der Waals surface area contributed by atoms with E-state index in [9.17, 15) is 9.59 Å². The van der Waals surface area contributed by atoms with Crippen molar-refractivity contribution in [2.24, 2.45) is 0 Å². The number of amides is 1. The van der Waals surface area contributed by atoms with E-state index in [4.69, 9.17) is 4.98 Å². The average Bonchev–Trinajstić information content (AvgIpc) is 2.99. The Kier molecular flexibility index (Phi) is 5.25. The van der Waals surface area contributed by atoms with Crippen molar-refractivity contribution in [1.29, 1.82) is 0 Å². The number of aryl methyl sites for hydroxylation is 1. The molecule has 0 saturated carbocycles. The minimum atomic E-state index is -0.164. The van der Waals surface area contributed by atoms with E-state index in [1.54, 1.807) is 22.6 Å². The standard InChI is InChI=1S/C25H17BrIN3O2/c1-14-5-3-4-6-21(14)30-23(28-20-9-8-16(27)12-19(20)25(30)32)13-18-17-11-15(26)7-10-22(17)29(2)24(18)31/h3-13H,1-2H3. The number of halogens is 2. The van der Waals surface area contributed by atoms with Crippen LogP contribution in [0.2, 0.25) is 0 Å². The summed E-state index contributed by atoms with van der Waals surface area (Å²) in [6.45, 7) is 1.96. The highest BCUT2D eigenvalue weighted by molar-refractivity contribution is 14.1. The number of nitrogens with zero attached hydrogens (tertiary/aromatic N) is 3. The molecule has 0 bridgehead atoms. The summed E-state index contributed by atoms with van der Waals surface area (Å²) in [4.78, 5) is 33.2. The topological polar surface area (TPSA) is 55.2 Å². The zero-order valence-corrected chi connectivity index (χ0v) is 21.0. The van der Waals surface area contributed by atoms with Crippen molar-refractivity contribution in [1.82, 2.24) is 9.55 Å². The second-order valence-electron chi connectivity index (χ2n) is 7.64. The fraction of sp³-hybridized carbons (Fsp3) is 0.0800. The summed E-state index contributed by atoms with van der Waals surface area (Å²) >= 11 is 5.69. The Balaban J connectivity index is 1.86. The Labute approximate surface area is 206 Å². The normalized spacial score (nSPS) is 14.4. The van der Waals surface area contributed by atoms with Crippen LogP contribution >= 0.6 is 38.5 Å². The monoisotopic (exact) mass is 597 g/mol. The zero-order valence-electron chi connectivity index (χ0n) is 17.3. The van der Waals surface area contributed by atoms with E-state index in [1.807, 2.05) is 67.6 Å². The van der Waals surface area contributed by atoms with Gasteiger partial charge in [0.25, 0.3) is 11.5 Å². The van der Waals surface area contributed by atoms with Crippen LogP contribution in [0.3, 0.4) is 0 Å². The van der Waals surface area contributed by atoms with E-state index in [0.29, 0.717) is 22.3 Å². The number of aromatic nitrogens is 2. The van der Waals surface area contributed by atoms with Crippen molar-refractivity contribution >= 4 is 72.7 Å². The smallest absolute Gasteiger partial charge is 0.266 e. The van der Waals surface area contributed by atoms with E-state index >= 15 is 0 Å². The summed E-state index contributed by atoms with van der Waals surface area (Å²) < 4.78 is 3.44. The molecule has 5 nitrogen and oxygen atoms in total. The molecule has 7 heteroatoms. The largest absolute Gasteiger partial charge is 0.311 e. The maximum atomic E-state index is 13.7. The third-order valence-corrected chi connectivity index (χ3v) is 6.80. The molecule has 0 saturated heterocycles. The lowest BCUT2D eigenvalue weighted by atomic mass is 10.1. The van der Waals surface area contributed by atoms with E-state index in [2.05, 4.69) is 38.5 Å². The van der Waals surface area contributed by atoms with Gasteiger partial charge in [-0.25, -0.2) is 4.98 Å². The molecule has 1 amide bonds. The predicted octanol–water partition coefficient (Wildman–Crippen LogP) is 5.58. The lowest BCUT2D eigenvalue weighted by Crippen LogP contribution is -2.24. The third kappa shape index (κ3) is 3.40. The van der Waals surface area contributed by atoms with Crippen LogP contribution in [-0.4, -0.2) is 22.5 Å². The average molecular weight is 598 g/mol. The van der Waals surface area contributed by atoms with Gasteiger partial charge in [0.1, 0.15) is 5.82 Å². The van der Waals surface area contributed by atoms with Crippen molar-refractivity contribution in [3.63, 3.8) is 0 Å². The summed E-state index contributed by atoms with van der Waals surface area (Å²) in [5.41, 5.74) is 4.25. The van der Waals surface area contributed by atoms with Gasteiger partial charge in [-0.05, 0) is 83.6 Å². The Morgan fingerprint density at radius 1 is 1.00 bits per heavy atom. The maximum Gasteiger partial charge on any atom is 0.266 e. The number of hydrogen-bond donors (Lipinski definition) is 0. The van der Waals surface area contributed by atoms with Crippen molar-refractivity contribution in [2.75, 3.05) is 11.9 Å². The number of likely N-dealkylation sites (N-methyl/N-ethyl adjacent to an activating group) is 1. The number of anilines is 1. The van der Waals surface area contributed by atoms with Gasteiger partial charge in [0.05, 0.1) is 27.9 Å². The Morgan fingerprint density at radius 3 is 2.56 bits per heavy atom. The third-order valence-electron chi connectivity index (χ3n) is 5.63. The molecule has 0 atom stereocenters. The summed E-state index contributed by atoms with van der Waals surface area (Å²) in [6, 6.07) is 19.0. The molecule has 4 aromatic rings. The first-order valence-corrected chi connectivity index (χ1v) is 11.8. The van der Waals surface area contributed by atoms with Gasteiger partial charge in [-0.15, -0.1) is 0 Å². The molecule has 0 spiro atoms. The van der Waals surface area contributed by atoms with Crippen LogP contribution in [0.5, 0.6) is 0 Å². The lowest BCUT2D eigenvalue weighted by molar-refractivity contribution is -0.112. The van der Waals surface area contributed by atoms with Crippen molar-refractivity contribution in [2.45, 2.75) is 6.92 Å². The molecule has 0 N–H and O–H groups in total. The van der Waals surface area contributed by atoms with E-state index < -0.39 is 0 Å². The molecular weight excluding hydrogens is 581 g/mol. The first-order valence-electron chi connectivity index (χ1n) is 9.93. The number of rotatable bonds is 2. The van der Waals surface area contributed by atoms with E-state index in [-0.39, 0.29) is 11.5 Å². The van der Waals surface area contributed by atoms with Gasteiger partial charge in [-0.2, -0.15) is 0 Å². The molecular formula is C25H17BrIN3O2. The number of carbonyl (C=O) groups excluding carboxylic acids is 1. The molecule has 1 aromatic heterocycles. The zero-order chi connectivity index (χ0) is 22.6. The van der Waals surface area contributed by atoms with E-state index in [0.717, 1.165) is 30.5 Å². The van der Waals surface area contributed by atoms with Gasteiger partial charge in [-0.3, -0.25) is 14.2 Å². The molecule has 1 aliphatic rings. The highest BCUT2D eigenvalue weighted by Crippen LogP contribution is 2.38. The second-order valence-corrected chi connectivity index (χ2v) is 9.80. The number of benzene rings is 3. The van der Waals surface area contributed by atoms with Gasteiger partial charge >= 0.3 is 0 Å². The lowest BCUT2D eigenvalue weighted by Gasteiger charge is -2.14. The fourth-order valence-corrected chi connectivity index (χ4v) is 4.86. The first-order chi connectivity index (χ1) is 15.3. The molecule has 0 aliphatic carbocycles. The summed E-state index contributed by atoms with van der Waals surface area (Å²) in [5.74, 6) is 0.286. The number of fused-ring (bicyclic) bond motifs is 2. The quantitative estimate of drug-likeness (QED) is 0.224. The maximum absolute atomic E-state index is 13.7. The summed E-state index contributed by atoms with van der Waals surface area (Å²) in [7, 11) is 1.75. The molecule has 3 aromatic carbocycles. The Hall–Kier alpha value is -2.78. The van der Waals surface area contributed by atoms with Gasteiger partial charge < -0.3 is 4.90 Å². The molecule has 0 unspecified atom stereocenters. The highest BCUT2D eigenvalue weighted by atomic mass is 127. The first kappa shape index (κ1) is 21.1. The molecule has 0 radical (unpaired) electrons. The van der Waals surface area contributed by atoms with Gasteiger partial charge in [0.15, 0.2) is 0 Å². The van der Waals surface area contributed by atoms with Crippen LogP contribution < -0.4 is 10.5 Å². The molecule has 0 fully saturated rings. The molecule has 158 valence electrons. The molecule has 32 heavy (non-hydrogen) atoms. The Bertz CT molecular complexity index is 1520. The molecule has 1 aliphatic heterocycles. The fourth-order valence-electron chi connectivity index (χ4n) is 4.01. The molecule has 2 heterocycles. The summed E-state index contributed by atoms with van der Waals surface area (Å²) in [5, 5.41) is 0.542. The van der Waals surface area contributed by atoms with Crippen LogP contribution in [-0.2, 0) is 4.79 Å². The number of carbonyl (C=O) groups is 1. The minimum Gasteiger partial charge on any atom is -0.311 e. The van der Waals surface area contributed by atoms with Crippen LogP contribution in [0.15, 0.2) is 69.9 Å². The predicted molar refractivity (Wildman–Crippen MR) is 140 cm³/mol. The van der Waals surface area contributed by atoms with Gasteiger partial charge in [0.2, 0.25) is 0 Å². The number of para-hydroxylation sites is 1. The molecule has 5 rings (SSSR count). The summed E-state index contributed by atoms with van der Waals surface area (Å²) in [6.07, 6.45) is 1.72. The SMILES string of the molecule is Cc1ccccc1-n1c(C=C2C(=O)N(C)c3ccc(Br)cc32)nc2ccc(I)cc2c1=O. The second kappa shape index (κ2) is 7.97. The van der Waals surface area contributed by atoms with Crippen molar-refractivity contribution in [3.05, 3.63) is 96.0 Å². The van der Waals surface area contributed by atoms with E-state index in [1.165, 1.54) is 0 Å².